The Balaban J connectivity index is 2.35. The van der Waals surface area contributed by atoms with E-state index in [-0.39, 0.29) is 22.3 Å². The van der Waals surface area contributed by atoms with Crippen LogP contribution in [0.2, 0.25) is 5.02 Å². The molecule has 1 aromatic carbocycles. The minimum atomic E-state index is -0.918. The molecule has 0 amide bonds. The minimum Gasteiger partial charge on any atom is -0.368 e. The van der Waals surface area contributed by atoms with E-state index in [0.717, 1.165) is 6.07 Å². The lowest BCUT2D eigenvalue weighted by atomic mass is 10.3. The Morgan fingerprint density at radius 2 is 1.75 bits per heavy atom. The van der Waals surface area contributed by atoms with Crippen LogP contribution in [0.4, 0.5) is 30.5 Å². The summed E-state index contributed by atoms with van der Waals surface area (Å²) in [5.41, 5.74) is -0.00476. The molecule has 0 radical (unpaired) electrons. The van der Waals surface area contributed by atoms with E-state index in [2.05, 4.69) is 15.6 Å². The Labute approximate surface area is 118 Å². The van der Waals surface area contributed by atoms with Crippen molar-refractivity contribution in [2.24, 2.45) is 0 Å². The van der Waals surface area contributed by atoms with Gasteiger partial charge in [0.15, 0.2) is 23.3 Å². The maximum atomic E-state index is 13.6. The number of pyridine rings is 1. The van der Waals surface area contributed by atoms with Crippen molar-refractivity contribution in [3.05, 3.63) is 46.7 Å². The highest BCUT2D eigenvalue weighted by molar-refractivity contribution is 6.30. The Hall–Kier alpha value is -1.95. The van der Waals surface area contributed by atoms with Gasteiger partial charge in [0.25, 0.3) is 0 Å². The van der Waals surface area contributed by atoms with Gasteiger partial charge in [-0.1, -0.05) is 11.6 Å². The molecular formula is C13H11ClF3N3. The second-order valence-electron chi connectivity index (χ2n) is 3.93. The first-order chi connectivity index (χ1) is 9.51. The molecule has 0 aliphatic rings. The normalized spacial score (nSPS) is 10.4. The van der Waals surface area contributed by atoms with Crippen LogP contribution >= 0.6 is 11.6 Å². The summed E-state index contributed by atoms with van der Waals surface area (Å²) in [6.45, 7) is 2.17. The summed E-state index contributed by atoms with van der Waals surface area (Å²) in [6, 6.07) is 4.55. The molecule has 0 aliphatic heterocycles. The van der Waals surface area contributed by atoms with Gasteiger partial charge >= 0.3 is 0 Å². The number of nitrogens with one attached hydrogen (secondary N) is 2. The van der Waals surface area contributed by atoms with Crippen LogP contribution in [0.1, 0.15) is 6.92 Å². The molecule has 2 aromatic rings. The molecule has 0 atom stereocenters. The van der Waals surface area contributed by atoms with Gasteiger partial charge in [-0.15, -0.1) is 0 Å². The van der Waals surface area contributed by atoms with Gasteiger partial charge in [0, 0.05) is 17.6 Å². The quantitative estimate of drug-likeness (QED) is 0.882. The maximum Gasteiger partial charge on any atom is 0.169 e. The zero-order valence-corrected chi connectivity index (χ0v) is 11.2. The van der Waals surface area contributed by atoms with Gasteiger partial charge in [-0.3, -0.25) is 0 Å². The van der Waals surface area contributed by atoms with Crippen LogP contribution in [0, 0.1) is 17.5 Å². The van der Waals surface area contributed by atoms with E-state index < -0.39 is 17.5 Å². The number of hydrogen-bond acceptors (Lipinski definition) is 3. The van der Waals surface area contributed by atoms with Crippen molar-refractivity contribution < 1.29 is 13.2 Å². The Bertz CT molecular complexity index is 634. The molecule has 106 valence electrons. The number of nitrogens with zero attached hydrogens (tertiary/aromatic N) is 1. The van der Waals surface area contributed by atoms with Crippen LogP contribution in [-0.4, -0.2) is 11.5 Å². The SMILES string of the molecule is CCNc1nc(Nc2ccc(Cl)cc2F)c(F)cc1F. The highest BCUT2D eigenvalue weighted by Crippen LogP contribution is 2.25. The van der Waals surface area contributed by atoms with Gasteiger partial charge < -0.3 is 10.6 Å². The predicted molar refractivity (Wildman–Crippen MR) is 73.0 cm³/mol. The average molecular weight is 302 g/mol. The van der Waals surface area contributed by atoms with Crippen LogP contribution in [0.3, 0.4) is 0 Å². The lowest BCUT2D eigenvalue weighted by Crippen LogP contribution is -2.07. The summed E-state index contributed by atoms with van der Waals surface area (Å²) in [4.78, 5) is 3.75. The predicted octanol–water partition coefficient (Wildman–Crippen LogP) is 4.33. The summed E-state index contributed by atoms with van der Waals surface area (Å²) >= 11 is 5.62. The summed E-state index contributed by atoms with van der Waals surface area (Å²) in [5.74, 6) is -2.77. The lowest BCUT2D eigenvalue weighted by molar-refractivity contribution is 0.579. The third-order valence-corrected chi connectivity index (χ3v) is 2.69. The molecule has 1 aromatic heterocycles. The third kappa shape index (κ3) is 3.14. The van der Waals surface area contributed by atoms with Crippen LogP contribution in [0.5, 0.6) is 0 Å². The summed E-state index contributed by atoms with van der Waals surface area (Å²) in [6.07, 6.45) is 0. The van der Waals surface area contributed by atoms with Crippen molar-refractivity contribution in [1.82, 2.24) is 4.98 Å². The monoisotopic (exact) mass is 301 g/mol. The van der Waals surface area contributed by atoms with E-state index in [1.807, 2.05) is 0 Å². The van der Waals surface area contributed by atoms with Gasteiger partial charge in [-0.2, -0.15) is 0 Å². The van der Waals surface area contributed by atoms with Crippen molar-refractivity contribution in [3.8, 4) is 0 Å². The molecule has 0 fully saturated rings. The largest absolute Gasteiger partial charge is 0.368 e. The van der Waals surface area contributed by atoms with Crippen molar-refractivity contribution in [2.75, 3.05) is 17.2 Å². The number of rotatable bonds is 4. The van der Waals surface area contributed by atoms with Crippen LogP contribution in [-0.2, 0) is 0 Å². The lowest BCUT2D eigenvalue weighted by Gasteiger charge is -2.11. The van der Waals surface area contributed by atoms with Crippen molar-refractivity contribution in [1.29, 1.82) is 0 Å². The zero-order chi connectivity index (χ0) is 14.7. The van der Waals surface area contributed by atoms with Gasteiger partial charge in [0.05, 0.1) is 5.69 Å². The number of anilines is 3. The van der Waals surface area contributed by atoms with E-state index >= 15 is 0 Å². The second-order valence-corrected chi connectivity index (χ2v) is 4.37. The standard InChI is InChI=1S/C13H11ClF3N3/c1-2-18-12-9(16)6-10(17)13(20-12)19-11-4-3-7(14)5-8(11)15/h3-6H,2H2,1H3,(H2,18,19,20). The molecule has 3 nitrogen and oxygen atoms in total. The molecule has 0 saturated carbocycles. The van der Waals surface area contributed by atoms with Gasteiger partial charge in [-0.05, 0) is 25.1 Å². The second kappa shape index (κ2) is 6.00. The summed E-state index contributed by atoms with van der Waals surface area (Å²) < 4.78 is 40.6. The molecular weight excluding hydrogens is 291 g/mol. The first-order valence-electron chi connectivity index (χ1n) is 5.83. The van der Waals surface area contributed by atoms with Gasteiger partial charge in [0.1, 0.15) is 5.82 Å². The zero-order valence-electron chi connectivity index (χ0n) is 10.5. The molecule has 2 N–H and O–H groups in total. The smallest absolute Gasteiger partial charge is 0.169 e. The molecule has 2 rings (SSSR count). The van der Waals surface area contributed by atoms with Gasteiger partial charge in [0.2, 0.25) is 0 Å². The van der Waals surface area contributed by atoms with E-state index in [1.54, 1.807) is 6.92 Å². The highest BCUT2D eigenvalue weighted by Gasteiger charge is 2.13. The maximum absolute atomic E-state index is 13.6. The highest BCUT2D eigenvalue weighted by atomic mass is 35.5. The summed E-state index contributed by atoms with van der Waals surface area (Å²) in [5, 5.41) is 5.33. The number of aromatic nitrogens is 1. The Kier molecular flexibility index (Phi) is 4.34. The fraction of sp³-hybridized carbons (Fsp3) is 0.154. The molecule has 0 saturated heterocycles. The van der Waals surface area contributed by atoms with Crippen LogP contribution in [0.25, 0.3) is 0 Å². The first kappa shape index (κ1) is 14.5. The summed E-state index contributed by atoms with van der Waals surface area (Å²) in [7, 11) is 0. The molecule has 0 unspecified atom stereocenters. The number of halogens is 4. The molecule has 20 heavy (non-hydrogen) atoms. The minimum absolute atomic E-state index is 0.00476. The van der Waals surface area contributed by atoms with E-state index in [9.17, 15) is 13.2 Å². The van der Waals surface area contributed by atoms with Crippen molar-refractivity contribution >= 4 is 28.9 Å². The van der Waals surface area contributed by atoms with E-state index in [4.69, 9.17) is 11.6 Å². The van der Waals surface area contributed by atoms with Crippen molar-refractivity contribution in [3.63, 3.8) is 0 Å². The van der Waals surface area contributed by atoms with Gasteiger partial charge in [-0.25, -0.2) is 18.2 Å². The van der Waals surface area contributed by atoms with Crippen molar-refractivity contribution in [2.45, 2.75) is 6.92 Å². The van der Waals surface area contributed by atoms with Crippen LogP contribution < -0.4 is 10.6 Å². The third-order valence-electron chi connectivity index (χ3n) is 2.46. The van der Waals surface area contributed by atoms with E-state index in [0.29, 0.717) is 12.6 Å². The topological polar surface area (TPSA) is 37.0 Å². The molecule has 7 heteroatoms. The molecule has 0 aliphatic carbocycles. The Morgan fingerprint density at radius 1 is 1.05 bits per heavy atom. The number of benzene rings is 1. The molecule has 1 heterocycles. The fourth-order valence-electron chi connectivity index (χ4n) is 1.56. The Morgan fingerprint density at radius 3 is 2.40 bits per heavy atom. The average Bonchev–Trinajstić information content (AvgIpc) is 2.38. The first-order valence-corrected chi connectivity index (χ1v) is 6.21. The molecule has 0 spiro atoms. The van der Waals surface area contributed by atoms with Crippen LogP contribution in [0.15, 0.2) is 24.3 Å². The molecule has 0 bridgehead atoms. The fourth-order valence-corrected chi connectivity index (χ4v) is 1.72. The number of hydrogen-bond donors (Lipinski definition) is 2. The van der Waals surface area contributed by atoms with E-state index in [1.165, 1.54) is 12.1 Å².